The largest absolute Gasteiger partial charge is 0.494 e. The molecule has 0 aliphatic carbocycles. The van der Waals surface area contributed by atoms with E-state index >= 15 is 0 Å². The van der Waals surface area contributed by atoms with Crippen molar-refractivity contribution in [1.29, 1.82) is 0 Å². The van der Waals surface area contributed by atoms with Gasteiger partial charge in [-0.2, -0.15) is 0 Å². The average Bonchev–Trinajstić information content (AvgIpc) is 2.50. The Balaban J connectivity index is 1.73. The maximum absolute atomic E-state index is 5.49. The van der Waals surface area contributed by atoms with Crippen LogP contribution in [0.25, 0.3) is 0 Å². The van der Waals surface area contributed by atoms with Crippen LogP contribution in [-0.4, -0.2) is 12.6 Å². The number of nitrogens with one attached hydrogen (secondary N) is 1. The van der Waals surface area contributed by atoms with Crippen molar-refractivity contribution in [2.45, 2.75) is 39.2 Å². The van der Waals surface area contributed by atoms with Crippen LogP contribution in [-0.2, 0) is 12.8 Å². The van der Waals surface area contributed by atoms with E-state index in [1.165, 1.54) is 35.2 Å². The van der Waals surface area contributed by atoms with Crippen LogP contribution in [0.1, 0.15) is 37.0 Å². The second-order valence-electron chi connectivity index (χ2n) is 5.83. The van der Waals surface area contributed by atoms with Gasteiger partial charge >= 0.3 is 0 Å². The highest BCUT2D eigenvalue weighted by Gasteiger charge is 2.14. The molecular formula is C19H23NO. The van der Waals surface area contributed by atoms with E-state index in [2.05, 4.69) is 54.7 Å². The minimum atomic E-state index is 0.592. The fourth-order valence-corrected chi connectivity index (χ4v) is 2.92. The summed E-state index contributed by atoms with van der Waals surface area (Å²) >= 11 is 0. The number of benzene rings is 2. The van der Waals surface area contributed by atoms with E-state index in [1.54, 1.807) is 0 Å². The van der Waals surface area contributed by atoms with Crippen LogP contribution in [0.5, 0.6) is 5.75 Å². The Hall–Kier alpha value is -1.96. The van der Waals surface area contributed by atoms with Gasteiger partial charge in [0.25, 0.3) is 0 Å². The van der Waals surface area contributed by atoms with E-state index in [4.69, 9.17) is 4.74 Å². The molecule has 2 aromatic rings. The summed E-state index contributed by atoms with van der Waals surface area (Å²) < 4.78 is 5.49. The third-order valence-electron chi connectivity index (χ3n) is 4.06. The summed E-state index contributed by atoms with van der Waals surface area (Å²) in [5, 5.41) is 3.56. The van der Waals surface area contributed by atoms with Gasteiger partial charge < -0.3 is 10.1 Å². The Kier molecular flexibility index (Phi) is 4.14. The number of fused-ring (bicyclic) bond motifs is 1. The molecule has 2 heteroatoms. The fourth-order valence-electron chi connectivity index (χ4n) is 2.92. The highest BCUT2D eigenvalue weighted by atomic mass is 16.5. The Labute approximate surface area is 127 Å². The zero-order chi connectivity index (χ0) is 14.7. The summed E-state index contributed by atoms with van der Waals surface area (Å²) in [6, 6.07) is 15.8. The van der Waals surface area contributed by atoms with Gasteiger partial charge in [0.2, 0.25) is 0 Å². The molecule has 0 saturated carbocycles. The normalized spacial score (nSPS) is 17.0. The molecule has 0 aromatic heterocycles. The number of ether oxygens (including phenoxy) is 1. The molecule has 1 heterocycles. The van der Waals surface area contributed by atoms with Crippen molar-refractivity contribution >= 4 is 5.69 Å². The lowest BCUT2D eigenvalue weighted by atomic mass is 9.95. The van der Waals surface area contributed by atoms with E-state index in [9.17, 15) is 0 Å². The lowest BCUT2D eigenvalue weighted by molar-refractivity contribution is 0.340. The van der Waals surface area contributed by atoms with Crippen LogP contribution in [0.3, 0.4) is 0 Å². The van der Waals surface area contributed by atoms with Gasteiger partial charge in [-0.05, 0) is 68.0 Å². The summed E-state index contributed by atoms with van der Waals surface area (Å²) in [4.78, 5) is 0. The van der Waals surface area contributed by atoms with Crippen molar-refractivity contribution in [1.82, 2.24) is 0 Å². The molecule has 21 heavy (non-hydrogen) atoms. The third kappa shape index (κ3) is 3.38. The minimum Gasteiger partial charge on any atom is -0.494 e. The predicted molar refractivity (Wildman–Crippen MR) is 88.3 cm³/mol. The van der Waals surface area contributed by atoms with Crippen LogP contribution >= 0.6 is 0 Å². The average molecular weight is 281 g/mol. The molecule has 0 fully saturated rings. The maximum Gasteiger partial charge on any atom is 0.119 e. The Bertz CT molecular complexity index is 603. The first-order valence-corrected chi connectivity index (χ1v) is 7.84. The lowest BCUT2D eigenvalue weighted by Gasteiger charge is -2.24. The molecular weight excluding hydrogens is 258 g/mol. The van der Waals surface area contributed by atoms with E-state index in [1.807, 2.05) is 6.92 Å². The van der Waals surface area contributed by atoms with E-state index in [0.29, 0.717) is 6.04 Å². The molecule has 1 atom stereocenters. The van der Waals surface area contributed by atoms with Crippen molar-refractivity contribution in [2.24, 2.45) is 0 Å². The first-order chi connectivity index (χ1) is 10.2. The SMILES string of the molecule is CCOc1ccc(Cc2ccc3c(c2)CCC(C)N3)cc1. The van der Waals surface area contributed by atoms with Crippen molar-refractivity contribution in [2.75, 3.05) is 11.9 Å². The Morgan fingerprint density at radius 2 is 1.86 bits per heavy atom. The molecule has 1 aliphatic heterocycles. The Morgan fingerprint density at radius 3 is 2.62 bits per heavy atom. The molecule has 0 spiro atoms. The van der Waals surface area contributed by atoms with Crippen LogP contribution in [0.4, 0.5) is 5.69 Å². The van der Waals surface area contributed by atoms with Crippen LogP contribution < -0.4 is 10.1 Å². The predicted octanol–water partition coefficient (Wildman–Crippen LogP) is 4.42. The smallest absolute Gasteiger partial charge is 0.119 e. The van der Waals surface area contributed by atoms with Gasteiger partial charge in [-0.1, -0.05) is 24.3 Å². The molecule has 1 N–H and O–H groups in total. The molecule has 0 radical (unpaired) electrons. The molecule has 1 unspecified atom stereocenters. The molecule has 1 aliphatic rings. The van der Waals surface area contributed by atoms with Gasteiger partial charge in [0.15, 0.2) is 0 Å². The topological polar surface area (TPSA) is 21.3 Å². The monoisotopic (exact) mass is 281 g/mol. The van der Waals surface area contributed by atoms with Crippen molar-refractivity contribution < 1.29 is 4.74 Å². The van der Waals surface area contributed by atoms with E-state index < -0.39 is 0 Å². The summed E-state index contributed by atoms with van der Waals surface area (Å²) in [6.45, 7) is 4.97. The quantitative estimate of drug-likeness (QED) is 0.895. The van der Waals surface area contributed by atoms with Gasteiger partial charge in [0, 0.05) is 11.7 Å². The maximum atomic E-state index is 5.49. The van der Waals surface area contributed by atoms with Crippen LogP contribution in [0.15, 0.2) is 42.5 Å². The van der Waals surface area contributed by atoms with E-state index in [-0.39, 0.29) is 0 Å². The van der Waals surface area contributed by atoms with Gasteiger partial charge in [0.05, 0.1) is 6.61 Å². The minimum absolute atomic E-state index is 0.592. The standard InChI is InChI=1S/C19H23NO/c1-3-21-18-9-5-15(6-10-18)12-16-7-11-19-17(13-16)8-4-14(2)20-19/h5-7,9-11,13-14,20H,3-4,8,12H2,1-2H3. The molecule has 2 nitrogen and oxygen atoms in total. The van der Waals surface area contributed by atoms with Gasteiger partial charge in [-0.25, -0.2) is 0 Å². The third-order valence-corrected chi connectivity index (χ3v) is 4.06. The molecule has 2 aromatic carbocycles. The molecule has 3 rings (SSSR count). The lowest BCUT2D eigenvalue weighted by Crippen LogP contribution is -2.21. The number of hydrogen-bond donors (Lipinski definition) is 1. The fraction of sp³-hybridized carbons (Fsp3) is 0.368. The van der Waals surface area contributed by atoms with Gasteiger partial charge in [-0.3, -0.25) is 0 Å². The zero-order valence-corrected chi connectivity index (χ0v) is 12.9. The first-order valence-electron chi connectivity index (χ1n) is 7.84. The second-order valence-corrected chi connectivity index (χ2v) is 5.83. The molecule has 110 valence electrons. The van der Waals surface area contributed by atoms with Crippen molar-refractivity contribution in [3.05, 3.63) is 59.2 Å². The highest BCUT2D eigenvalue weighted by molar-refractivity contribution is 5.55. The summed E-state index contributed by atoms with van der Waals surface area (Å²) in [5.74, 6) is 0.949. The number of rotatable bonds is 4. The zero-order valence-electron chi connectivity index (χ0n) is 12.9. The van der Waals surface area contributed by atoms with Crippen molar-refractivity contribution in [3.63, 3.8) is 0 Å². The van der Waals surface area contributed by atoms with E-state index in [0.717, 1.165) is 18.8 Å². The van der Waals surface area contributed by atoms with Crippen LogP contribution in [0.2, 0.25) is 0 Å². The number of aryl methyl sites for hydroxylation is 1. The van der Waals surface area contributed by atoms with Crippen molar-refractivity contribution in [3.8, 4) is 5.75 Å². The highest BCUT2D eigenvalue weighted by Crippen LogP contribution is 2.26. The van der Waals surface area contributed by atoms with Gasteiger partial charge in [-0.15, -0.1) is 0 Å². The Morgan fingerprint density at radius 1 is 1.10 bits per heavy atom. The summed E-state index contributed by atoms with van der Waals surface area (Å²) in [5.41, 5.74) is 5.48. The van der Waals surface area contributed by atoms with Gasteiger partial charge in [0.1, 0.15) is 5.75 Å². The summed E-state index contributed by atoms with van der Waals surface area (Å²) in [7, 11) is 0. The second kappa shape index (κ2) is 6.21. The summed E-state index contributed by atoms with van der Waals surface area (Å²) in [6.07, 6.45) is 3.38. The molecule has 0 amide bonds. The van der Waals surface area contributed by atoms with Crippen LogP contribution in [0, 0.1) is 0 Å². The molecule has 0 bridgehead atoms. The number of hydrogen-bond acceptors (Lipinski definition) is 2. The number of anilines is 1. The first kappa shape index (κ1) is 14.0. The molecule has 0 saturated heterocycles.